The molecule has 0 radical (unpaired) electrons. The number of nitrogens with two attached hydrogens (primary N) is 1. The molecule has 0 aliphatic heterocycles. The van der Waals surface area contributed by atoms with Crippen molar-refractivity contribution in [3.05, 3.63) is 23.4 Å². The molecule has 96 valence electrons. The van der Waals surface area contributed by atoms with Crippen molar-refractivity contribution in [1.82, 2.24) is 4.98 Å². The zero-order valence-corrected chi connectivity index (χ0v) is 9.93. The minimum absolute atomic E-state index is 0.0622. The molecular weight excluding hydrogens is 233 g/mol. The Morgan fingerprint density at radius 2 is 1.82 bits per heavy atom. The lowest BCUT2D eigenvalue weighted by atomic mass is 10.2. The van der Waals surface area contributed by atoms with Gasteiger partial charge in [0, 0.05) is 12.6 Å². The predicted octanol–water partition coefficient (Wildman–Crippen LogP) is 2.74. The van der Waals surface area contributed by atoms with E-state index in [4.69, 9.17) is 10.5 Å². The van der Waals surface area contributed by atoms with E-state index in [2.05, 4.69) is 4.98 Å². The third-order valence-electron chi connectivity index (χ3n) is 1.80. The SMILES string of the molecule is CC(C)(C)Oc1cc(C(F)(F)F)cc(CN)n1. The molecule has 1 rings (SSSR count). The number of aromatic nitrogens is 1. The van der Waals surface area contributed by atoms with E-state index >= 15 is 0 Å². The van der Waals surface area contributed by atoms with Gasteiger partial charge in [-0.1, -0.05) is 0 Å². The summed E-state index contributed by atoms with van der Waals surface area (Å²) in [4.78, 5) is 3.90. The Kier molecular flexibility index (Phi) is 3.66. The predicted molar refractivity (Wildman–Crippen MR) is 57.5 cm³/mol. The first-order chi connectivity index (χ1) is 7.62. The quantitative estimate of drug-likeness (QED) is 0.875. The maximum atomic E-state index is 12.6. The molecule has 1 heterocycles. The lowest BCUT2D eigenvalue weighted by molar-refractivity contribution is -0.137. The fourth-order valence-corrected chi connectivity index (χ4v) is 1.19. The second-order valence-electron chi connectivity index (χ2n) is 4.60. The van der Waals surface area contributed by atoms with Gasteiger partial charge in [0.25, 0.3) is 0 Å². The Morgan fingerprint density at radius 3 is 2.24 bits per heavy atom. The van der Waals surface area contributed by atoms with Gasteiger partial charge in [-0.2, -0.15) is 13.2 Å². The van der Waals surface area contributed by atoms with E-state index in [9.17, 15) is 13.2 Å². The first-order valence-electron chi connectivity index (χ1n) is 5.09. The van der Waals surface area contributed by atoms with Gasteiger partial charge in [-0.15, -0.1) is 0 Å². The Labute approximate surface area is 97.8 Å². The van der Waals surface area contributed by atoms with E-state index in [0.29, 0.717) is 0 Å². The molecule has 0 atom stereocenters. The van der Waals surface area contributed by atoms with Crippen molar-refractivity contribution in [2.24, 2.45) is 5.73 Å². The molecule has 3 nitrogen and oxygen atoms in total. The van der Waals surface area contributed by atoms with Crippen molar-refractivity contribution in [3.63, 3.8) is 0 Å². The van der Waals surface area contributed by atoms with Crippen molar-refractivity contribution < 1.29 is 17.9 Å². The zero-order valence-electron chi connectivity index (χ0n) is 9.93. The van der Waals surface area contributed by atoms with Crippen LogP contribution in [0.1, 0.15) is 32.0 Å². The molecule has 0 bridgehead atoms. The average molecular weight is 248 g/mol. The fraction of sp³-hybridized carbons (Fsp3) is 0.545. The molecule has 0 amide bonds. The Morgan fingerprint density at radius 1 is 1.24 bits per heavy atom. The van der Waals surface area contributed by atoms with Gasteiger partial charge < -0.3 is 10.5 Å². The van der Waals surface area contributed by atoms with E-state index in [1.54, 1.807) is 20.8 Å². The monoisotopic (exact) mass is 248 g/mol. The molecule has 17 heavy (non-hydrogen) atoms. The second-order valence-corrected chi connectivity index (χ2v) is 4.60. The summed E-state index contributed by atoms with van der Waals surface area (Å²) in [7, 11) is 0. The summed E-state index contributed by atoms with van der Waals surface area (Å²) < 4.78 is 43.1. The van der Waals surface area contributed by atoms with E-state index < -0.39 is 17.3 Å². The van der Waals surface area contributed by atoms with Crippen LogP contribution in [0.4, 0.5) is 13.2 Å². The number of rotatable bonds is 2. The van der Waals surface area contributed by atoms with Gasteiger partial charge in [-0.3, -0.25) is 0 Å². The van der Waals surface area contributed by atoms with Crippen LogP contribution in [-0.4, -0.2) is 10.6 Å². The van der Waals surface area contributed by atoms with Gasteiger partial charge >= 0.3 is 6.18 Å². The highest BCUT2D eigenvalue weighted by Crippen LogP contribution is 2.32. The molecule has 0 saturated heterocycles. The van der Waals surface area contributed by atoms with E-state index in [1.165, 1.54) is 0 Å². The van der Waals surface area contributed by atoms with E-state index in [1.807, 2.05) is 0 Å². The average Bonchev–Trinajstić information content (AvgIpc) is 2.13. The molecule has 0 fully saturated rings. The van der Waals surface area contributed by atoms with Crippen molar-refractivity contribution in [2.75, 3.05) is 0 Å². The van der Waals surface area contributed by atoms with Gasteiger partial charge in [0.1, 0.15) is 5.60 Å². The molecule has 0 spiro atoms. The first kappa shape index (κ1) is 13.8. The summed E-state index contributed by atoms with van der Waals surface area (Å²) in [6.45, 7) is 5.13. The summed E-state index contributed by atoms with van der Waals surface area (Å²) in [6.07, 6.45) is -4.43. The van der Waals surface area contributed by atoms with Gasteiger partial charge in [-0.25, -0.2) is 4.98 Å². The van der Waals surface area contributed by atoms with Gasteiger partial charge in [-0.05, 0) is 26.8 Å². The second kappa shape index (κ2) is 4.52. The fourth-order valence-electron chi connectivity index (χ4n) is 1.19. The Balaban J connectivity index is 3.15. The summed E-state index contributed by atoms with van der Waals surface area (Å²) in [5, 5.41) is 0. The molecule has 0 aliphatic carbocycles. The van der Waals surface area contributed by atoms with Crippen LogP contribution in [-0.2, 0) is 12.7 Å². The maximum absolute atomic E-state index is 12.6. The maximum Gasteiger partial charge on any atom is 0.416 e. The van der Waals surface area contributed by atoms with Crippen molar-refractivity contribution in [3.8, 4) is 5.88 Å². The highest BCUT2D eigenvalue weighted by atomic mass is 19.4. The number of ether oxygens (including phenoxy) is 1. The topological polar surface area (TPSA) is 48.1 Å². The van der Waals surface area contributed by atoms with Crippen molar-refractivity contribution in [2.45, 2.75) is 39.1 Å². The number of hydrogen-bond donors (Lipinski definition) is 1. The van der Waals surface area contributed by atoms with Crippen LogP contribution in [0.3, 0.4) is 0 Å². The largest absolute Gasteiger partial charge is 0.472 e. The number of hydrogen-bond acceptors (Lipinski definition) is 3. The lowest BCUT2D eigenvalue weighted by Gasteiger charge is -2.21. The van der Waals surface area contributed by atoms with E-state index in [0.717, 1.165) is 12.1 Å². The van der Waals surface area contributed by atoms with Gasteiger partial charge in [0.2, 0.25) is 5.88 Å². The first-order valence-corrected chi connectivity index (χ1v) is 5.09. The Bertz CT molecular complexity index is 397. The minimum Gasteiger partial charge on any atom is -0.472 e. The smallest absolute Gasteiger partial charge is 0.416 e. The van der Waals surface area contributed by atoms with Gasteiger partial charge in [0.05, 0.1) is 11.3 Å². The highest BCUT2D eigenvalue weighted by molar-refractivity contribution is 5.27. The molecule has 6 heteroatoms. The summed E-state index contributed by atoms with van der Waals surface area (Å²) in [5.74, 6) is -0.0622. The molecule has 0 aliphatic rings. The van der Waals surface area contributed by atoms with Crippen LogP contribution in [0, 0.1) is 0 Å². The number of nitrogens with zero attached hydrogens (tertiary/aromatic N) is 1. The van der Waals surface area contributed by atoms with Crippen LogP contribution in [0.15, 0.2) is 12.1 Å². The van der Waals surface area contributed by atoms with E-state index in [-0.39, 0.29) is 18.1 Å². The lowest BCUT2D eigenvalue weighted by Crippen LogP contribution is -2.24. The number of alkyl halides is 3. The van der Waals surface area contributed by atoms with Crippen LogP contribution in [0.25, 0.3) is 0 Å². The molecule has 2 N–H and O–H groups in total. The number of halogens is 3. The molecule has 1 aromatic rings. The third kappa shape index (κ3) is 4.22. The molecule has 0 saturated carbocycles. The van der Waals surface area contributed by atoms with Crippen LogP contribution < -0.4 is 10.5 Å². The van der Waals surface area contributed by atoms with Crippen molar-refractivity contribution in [1.29, 1.82) is 0 Å². The molecule has 0 unspecified atom stereocenters. The highest BCUT2D eigenvalue weighted by Gasteiger charge is 2.32. The summed E-state index contributed by atoms with van der Waals surface area (Å²) >= 11 is 0. The van der Waals surface area contributed by atoms with Crippen LogP contribution >= 0.6 is 0 Å². The Hall–Kier alpha value is -1.30. The normalized spacial score (nSPS) is 12.6. The van der Waals surface area contributed by atoms with Crippen LogP contribution in [0.2, 0.25) is 0 Å². The zero-order chi connectivity index (χ0) is 13.3. The molecular formula is C11H15F3N2O. The summed E-state index contributed by atoms with van der Waals surface area (Å²) in [5.41, 5.74) is 4.05. The minimum atomic E-state index is -4.43. The number of pyridine rings is 1. The van der Waals surface area contributed by atoms with Crippen molar-refractivity contribution >= 4 is 0 Å². The standard InChI is InChI=1S/C11H15F3N2O/c1-10(2,3)17-9-5-7(11(12,13)14)4-8(6-15)16-9/h4-5H,6,15H2,1-3H3. The molecule has 0 aromatic carbocycles. The molecule has 1 aromatic heterocycles. The van der Waals surface area contributed by atoms with Gasteiger partial charge in [0.15, 0.2) is 0 Å². The van der Waals surface area contributed by atoms with Crippen LogP contribution in [0.5, 0.6) is 5.88 Å². The summed E-state index contributed by atoms with van der Waals surface area (Å²) in [6, 6.07) is 1.81. The third-order valence-corrected chi connectivity index (χ3v) is 1.80.